The van der Waals surface area contributed by atoms with E-state index in [0.29, 0.717) is 65.6 Å². The summed E-state index contributed by atoms with van der Waals surface area (Å²) in [5.41, 5.74) is 19.0. The van der Waals surface area contributed by atoms with Gasteiger partial charge in [-0.05, 0) is 184 Å². The molecule has 0 bridgehead atoms. The van der Waals surface area contributed by atoms with Gasteiger partial charge in [0, 0.05) is 119 Å². The van der Waals surface area contributed by atoms with Crippen molar-refractivity contribution in [3.05, 3.63) is 263 Å². The van der Waals surface area contributed by atoms with E-state index in [9.17, 15) is 36.2 Å². The number of furan rings is 2. The number of para-hydroxylation sites is 1. The summed E-state index contributed by atoms with van der Waals surface area (Å²) < 4.78 is 54.5. The second kappa shape index (κ2) is 37.7. The first kappa shape index (κ1) is 83.4. The number of aliphatic hydroxyl groups is 1. The van der Waals surface area contributed by atoms with E-state index < -0.39 is 6.10 Å². The van der Waals surface area contributed by atoms with E-state index in [4.69, 9.17) is 37.3 Å². The lowest BCUT2D eigenvalue weighted by atomic mass is 10.0. The molecule has 122 heavy (non-hydrogen) atoms. The van der Waals surface area contributed by atoms with Crippen LogP contribution in [0.4, 0.5) is 0 Å². The number of β-amino-alcohol motifs (C(OH)–C–C–N with tert-alkyl or cyclic N) is 1. The highest BCUT2D eigenvalue weighted by molar-refractivity contribution is 7.08. The first-order valence-corrected chi connectivity index (χ1v) is 41.0. The molecule has 1 aliphatic rings. The molecule has 21 nitrogen and oxygen atoms in total. The Hall–Kier alpha value is -15.1. The Labute approximate surface area is 710 Å². The van der Waals surface area contributed by atoms with Gasteiger partial charge in [-0.25, -0.2) is 0 Å². The first-order chi connectivity index (χ1) is 59.7. The minimum atomic E-state index is -0.442. The zero-order valence-corrected chi connectivity index (χ0v) is 70.2. The van der Waals surface area contributed by atoms with Crippen LogP contribution in [-0.2, 0) is 37.5 Å². The molecule has 1 fully saturated rings. The average molecular weight is 1640 g/mol. The minimum Gasteiger partial charge on any atom is -0.497 e. The number of amides is 1. The maximum Gasteiger partial charge on any atom is 0.260 e. The molecule has 0 radical (unpaired) electrons. The van der Waals surface area contributed by atoms with Crippen LogP contribution in [0.25, 0.3) is 133 Å². The highest BCUT2D eigenvalue weighted by Gasteiger charge is 2.28. The number of likely N-dealkylation sites (tertiary alicyclic amines) is 1. The largest absolute Gasteiger partial charge is 0.497 e. The van der Waals surface area contributed by atoms with E-state index >= 15 is 0 Å². The number of thiophene rings is 1. The second-order valence-electron chi connectivity index (χ2n) is 28.5. The van der Waals surface area contributed by atoms with Gasteiger partial charge in [-0.15, -0.1) is 0 Å². The molecule has 1 saturated heterocycles. The van der Waals surface area contributed by atoms with Crippen LogP contribution in [0, 0.1) is 56.7 Å². The van der Waals surface area contributed by atoms with Gasteiger partial charge in [0.15, 0.2) is 18.1 Å². The number of aliphatic hydroxyl groups excluding tert-OH is 1. The number of fused-ring (bicyclic) bond motifs is 6. The number of ether oxygens (including phenoxy) is 6. The molecule has 0 unspecified atom stereocenters. The summed E-state index contributed by atoms with van der Waals surface area (Å²) in [4.78, 5) is 13.8. The van der Waals surface area contributed by atoms with Gasteiger partial charge in [-0.1, -0.05) is 72.8 Å². The number of hydrogen-bond acceptors (Lipinski definition) is 16. The normalized spacial score (nSPS) is 12.0. The van der Waals surface area contributed by atoms with Gasteiger partial charge in [-0.2, -0.15) is 37.6 Å². The highest BCUT2D eigenvalue weighted by atomic mass is 32.1. The van der Waals surface area contributed by atoms with Crippen molar-refractivity contribution in [2.75, 3.05) is 55.2 Å². The van der Waals surface area contributed by atoms with Gasteiger partial charge in [0.1, 0.15) is 81.8 Å². The fraction of sp³-hybridized carbons (Fsp3) is 0.200. The number of carbonyl (C=O) groups is 1. The van der Waals surface area contributed by atoms with Crippen molar-refractivity contribution in [1.82, 2.24) is 27.7 Å². The molecule has 0 spiro atoms. The molecule has 9 heterocycles. The molecule has 18 rings (SSSR count). The van der Waals surface area contributed by atoms with Crippen LogP contribution in [-0.4, -0.2) is 100 Å². The van der Waals surface area contributed by atoms with Crippen molar-refractivity contribution in [3.8, 4) is 133 Å². The Bertz CT molecular complexity index is 6700. The van der Waals surface area contributed by atoms with Gasteiger partial charge in [0.05, 0.1) is 120 Å². The SMILES string of the molecule is CCn1c(-c2cc3ccccc3o2)c(C#N)c2ccc(OC)cc21.CCn1c(-c2ccc(-c3ccccc3)cc2)c(C#N)c2ccc(OC)cc21.CCn1c(-c2ccc(OCC(=O)N3CC[C@H](O)C3)cc2)c(C#N)c2ccc(OC)cc21.CCn1c(-c2ccco2)c(C#N)c2ccc(OC)cc21.CCn1c(-c2ccsc2)c(C#N)c2ccc(OC)cc21. The smallest absolute Gasteiger partial charge is 0.260 e. The predicted octanol–water partition coefficient (Wildman–Crippen LogP) is 22.1. The number of methoxy groups -OCH3 is 5. The molecule has 22 heteroatoms. The Morgan fingerprint density at radius 3 is 1.15 bits per heavy atom. The number of hydrogen-bond donors (Lipinski definition) is 1. The molecular formula is C100H89N11O10S. The number of benzene rings is 9. The van der Waals surface area contributed by atoms with Crippen molar-refractivity contribution in [3.63, 3.8) is 0 Å². The van der Waals surface area contributed by atoms with Gasteiger partial charge in [0.2, 0.25) is 0 Å². The molecule has 8 aromatic heterocycles. The van der Waals surface area contributed by atoms with Crippen LogP contribution in [0.2, 0.25) is 0 Å². The summed E-state index contributed by atoms with van der Waals surface area (Å²) in [6, 6.07) is 82.5. The maximum atomic E-state index is 12.2. The molecule has 1 atom stereocenters. The topological polar surface area (TPSA) is 266 Å². The lowest BCUT2D eigenvalue weighted by molar-refractivity contribution is -0.132. The number of nitrogens with zero attached hydrogens (tertiary/aromatic N) is 11. The van der Waals surface area contributed by atoms with E-state index in [0.717, 1.165) is 171 Å². The third-order valence-electron chi connectivity index (χ3n) is 22.0. The molecular weight excluding hydrogens is 1550 g/mol. The van der Waals surface area contributed by atoms with E-state index in [2.05, 4.69) is 122 Å². The van der Waals surface area contributed by atoms with Gasteiger partial charge in [-0.3, -0.25) is 4.79 Å². The lowest BCUT2D eigenvalue weighted by Gasteiger charge is -2.16. The van der Waals surface area contributed by atoms with Crippen LogP contribution >= 0.6 is 11.3 Å². The number of rotatable bonds is 19. The number of nitriles is 5. The van der Waals surface area contributed by atoms with Crippen molar-refractivity contribution >= 4 is 82.7 Å². The molecule has 1 aliphatic heterocycles. The monoisotopic (exact) mass is 1640 g/mol. The summed E-state index contributed by atoms with van der Waals surface area (Å²) in [7, 11) is 8.23. The third kappa shape index (κ3) is 16.4. The summed E-state index contributed by atoms with van der Waals surface area (Å²) in [5, 5.41) is 67.9. The van der Waals surface area contributed by atoms with Crippen LogP contribution < -0.4 is 28.4 Å². The Kier molecular flexibility index (Phi) is 25.7. The number of aromatic nitrogens is 5. The fourth-order valence-corrected chi connectivity index (χ4v) is 16.8. The lowest BCUT2D eigenvalue weighted by Crippen LogP contribution is -2.33. The van der Waals surface area contributed by atoms with Crippen molar-refractivity contribution in [2.24, 2.45) is 0 Å². The first-order valence-electron chi connectivity index (χ1n) is 40.1. The van der Waals surface area contributed by atoms with Gasteiger partial charge >= 0.3 is 0 Å². The molecule has 9 aromatic carbocycles. The quantitative estimate of drug-likeness (QED) is 0.0788. The second-order valence-corrected chi connectivity index (χ2v) is 29.3. The molecule has 17 aromatic rings. The number of aryl methyl sites for hydroxylation is 5. The standard InChI is InChI=1S/C24H25N3O4.C24H20N2O.C20H16N2O2.C16H14N2O2.C16H14N2OS/c1-3-27-22-12-19(30-2)8-9-20(22)21(13-25)24(27)16-4-6-18(7-5-16)31-15-23(29)26-11-10-17(28)14-26;1-3-26-23-15-20(27-2)13-14-21(23)22(16-25)24(26)19-11-9-18(10-12-19)17-7-5-4-6-8-17;1-3-22-17-11-14(23-2)8-9-15(17)16(12-21)20(22)19-10-13-6-4-5-7-18(13)24-19;1-3-18-14-9-11(19-2)6-7-12(14)13(10-17)16(18)15-5-4-8-20-15;1-3-18-15-8-12(19-2)4-5-13(15)14(9-17)16(18)11-6-7-20-10-11/h4-9,12,17,28H,3,10-11,14-15H2,1-2H3;4-15H,3H2,1-2H3;4-11H,3H2,1-2H3;4-9H,3H2,1-2H3;4-8,10H,3H2,1-2H3/t17-;;;;/m0..../s1. The van der Waals surface area contributed by atoms with Crippen molar-refractivity contribution in [2.45, 2.75) is 79.9 Å². The van der Waals surface area contributed by atoms with Crippen LogP contribution in [0.15, 0.2) is 244 Å². The molecule has 1 amide bonds. The van der Waals surface area contributed by atoms with E-state index in [1.807, 2.05) is 183 Å². The van der Waals surface area contributed by atoms with Crippen LogP contribution in [0.1, 0.15) is 68.9 Å². The molecule has 610 valence electrons. The van der Waals surface area contributed by atoms with Crippen LogP contribution in [0.3, 0.4) is 0 Å². The average Bonchev–Trinajstić information content (AvgIpc) is 1.69. The van der Waals surface area contributed by atoms with Crippen LogP contribution in [0.5, 0.6) is 34.5 Å². The van der Waals surface area contributed by atoms with Gasteiger partial charge in [0.25, 0.3) is 5.91 Å². The van der Waals surface area contributed by atoms with E-state index in [1.54, 1.807) is 70.2 Å². The van der Waals surface area contributed by atoms with E-state index in [1.165, 1.54) is 11.1 Å². The molecule has 1 N–H and O–H groups in total. The van der Waals surface area contributed by atoms with E-state index in [-0.39, 0.29) is 12.5 Å². The summed E-state index contributed by atoms with van der Waals surface area (Å²) in [5.74, 6) is 5.77. The molecule has 0 aliphatic carbocycles. The van der Waals surface area contributed by atoms with Crippen molar-refractivity contribution < 1.29 is 47.2 Å². The maximum absolute atomic E-state index is 12.2. The number of carbonyl (C=O) groups excluding carboxylic acids is 1. The highest BCUT2D eigenvalue weighted by Crippen LogP contribution is 2.43. The Balaban J connectivity index is 0.000000126. The zero-order chi connectivity index (χ0) is 85.7. The third-order valence-corrected chi connectivity index (χ3v) is 22.7. The summed E-state index contributed by atoms with van der Waals surface area (Å²) in [6.07, 6.45) is 1.79. The summed E-state index contributed by atoms with van der Waals surface area (Å²) in [6.45, 7) is 15.0. The summed E-state index contributed by atoms with van der Waals surface area (Å²) >= 11 is 1.64. The zero-order valence-electron chi connectivity index (χ0n) is 69.4. The Morgan fingerprint density at radius 2 is 0.779 bits per heavy atom. The Morgan fingerprint density at radius 1 is 0.410 bits per heavy atom. The predicted molar refractivity (Wildman–Crippen MR) is 480 cm³/mol. The molecule has 0 saturated carbocycles. The van der Waals surface area contributed by atoms with Gasteiger partial charge < -0.3 is 70.1 Å². The minimum absolute atomic E-state index is 0.0650. The van der Waals surface area contributed by atoms with Crippen molar-refractivity contribution in [1.29, 1.82) is 26.3 Å². The fourth-order valence-electron chi connectivity index (χ4n) is 16.2.